The highest BCUT2D eigenvalue weighted by Crippen LogP contribution is 2.29. The van der Waals surface area contributed by atoms with Gasteiger partial charge in [-0.25, -0.2) is 0 Å². The Morgan fingerprint density at radius 2 is 2.05 bits per heavy atom. The Labute approximate surface area is 120 Å². The molecule has 1 aromatic carbocycles. The van der Waals surface area contributed by atoms with Crippen molar-refractivity contribution in [2.24, 2.45) is 0 Å². The van der Waals surface area contributed by atoms with Crippen molar-refractivity contribution in [2.45, 2.75) is 11.8 Å². The van der Waals surface area contributed by atoms with Crippen LogP contribution in [0.3, 0.4) is 0 Å². The van der Waals surface area contributed by atoms with Crippen LogP contribution in [0.25, 0.3) is 11.1 Å². The van der Waals surface area contributed by atoms with Gasteiger partial charge in [0.1, 0.15) is 0 Å². The molecule has 1 heterocycles. The third-order valence-electron chi connectivity index (χ3n) is 2.97. The van der Waals surface area contributed by atoms with Crippen molar-refractivity contribution in [2.75, 3.05) is 19.5 Å². The third kappa shape index (κ3) is 3.02. The molecule has 106 valence electrons. The molecule has 1 aromatic heterocycles. The van der Waals surface area contributed by atoms with Gasteiger partial charge in [0.25, 0.3) is 5.43 Å². The fraction of sp³-hybridized carbons (Fsp3) is 0.286. The van der Waals surface area contributed by atoms with Crippen LogP contribution in [0.2, 0.25) is 0 Å². The van der Waals surface area contributed by atoms with Crippen molar-refractivity contribution in [1.82, 2.24) is 10.2 Å². The van der Waals surface area contributed by atoms with Crippen LogP contribution >= 0.6 is 11.8 Å². The van der Waals surface area contributed by atoms with E-state index in [1.54, 1.807) is 18.9 Å². The van der Waals surface area contributed by atoms with Gasteiger partial charge in [0, 0.05) is 24.0 Å². The number of hydrogen-bond acceptors (Lipinski definition) is 4. The summed E-state index contributed by atoms with van der Waals surface area (Å²) in [7, 11) is 1.67. The van der Waals surface area contributed by atoms with Gasteiger partial charge in [0.2, 0.25) is 0 Å². The highest BCUT2D eigenvalue weighted by Gasteiger charge is 2.11. The maximum Gasteiger partial charge on any atom is 0.310 e. The summed E-state index contributed by atoms with van der Waals surface area (Å²) in [6.45, 7) is 2.62. The third-order valence-corrected chi connectivity index (χ3v) is 4.10. The first kappa shape index (κ1) is 14.6. The van der Waals surface area contributed by atoms with Crippen LogP contribution in [0.5, 0.6) is 0 Å². The Hall–Kier alpha value is -1.79. The lowest BCUT2D eigenvalue weighted by Gasteiger charge is -2.10. The Balaban J connectivity index is 2.43. The van der Waals surface area contributed by atoms with Crippen molar-refractivity contribution < 1.29 is 4.74 Å². The molecular formula is C14H16N2O3S. The summed E-state index contributed by atoms with van der Waals surface area (Å²) >= 11 is 1.67. The molecule has 0 saturated carbocycles. The van der Waals surface area contributed by atoms with Gasteiger partial charge in [-0.3, -0.25) is 14.7 Å². The van der Waals surface area contributed by atoms with Crippen molar-refractivity contribution in [3.8, 4) is 11.1 Å². The predicted molar refractivity (Wildman–Crippen MR) is 80.5 cm³/mol. The molecule has 2 N–H and O–H groups in total. The van der Waals surface area contributed by atoms with E-state index in [-0.39, 0.29) is 0 Å². The van der Waals surface area contributed by atoms with E-state index in [4.69, 9.17) is 4.74 Å². The number of nitrogens with one attached hydrogen (secondary N) is 2. The molecule has 0 spiro atoms. The zero-order valence-electron chi connectivity index (χ0n) is 11.4. The molecule has 6 heteroatoms. The van der Waals surface area contributed by atoms with E-state index in [1.807, 2.05) is 25.1 Å². The first-order chi connectivity index (χ1) is 9.65. The van der Waals surface area contributed by atoms with E-state index in [9.17, 15) is 9.59 Å². The van der Waals surface area contributed by atoms with Crippen LogP contribution in [0.15, 0.2) is 38.9 Å². The molecule has 0 aliphatic heterocycles. The average Bonchev–Trinajstić information content (AvgIpc) is 2.44. The number of rotatable bonds is 5. The van der Waals surface area contributed by atoms with Crippen LogP contribution in [-0.2, 0) is 4.74 Å². The molecule has 0 amide bonds. The van der Waals surface area contributed by atoms with Gasteiger partial charge in [0.05, 0.1) is 12.2 Å². The Morgan fingerprint density at radius 1 is 1.25 bits per heavy atom. The average molecular weight is 292 g/mol. The lowest BCUT2D eigenvalue weighted by molar-refractivity contribution is 0.218. The Kier molecular flexibility index (Phi) is 4.81. The fourth-order valence-corrected chi connectivity index (χ4v) is 2.89. The van der Waals surface area contributed by atoms with Crippen LogP contribution in [-0.4, -0.2) is 29.7 Å². The highest BCUT2D eigenvalue weighted by molar-refractivity contribution is 7.99. The molecule has 0 radical (unpaired) electrons. The molecular weight excluding hydrogens is 276 g/mol. The first-order valence-electron chi connectivity index (χ1n) is 6.17. The van der Waals surface area contributed by atoms with Gasteiger partial charge in [-0.05, 0) is 24.1 Å². The second kappa shape index (κ2) is 6.58. The summed E-state index contributed by atoms with van der Waals surface area (Å²) in [6.07, 6.45) is 1.52. The lowest BCUT2D eigenvalue weighted by Crippen LogP contribution is -2.28. The number of aromatic amines is 2. The van der Waals surface area contributed by atoms with Crippen molar-refractivity contribution >= 4 is 11.8 Å². The Bertz CT molecular complexity index is 706. The number of H-pyrrole nitrogens is 2. The second-order valence-electron chi connectivity index (χ2n) is 4.26. The van der Waals surface area contributed by atoms with E-state index in [0.29, 0.717) is 12.2 Å². The summed E-state index contributed by atoms with van der Waals surface area (Å²) in [6, 6.07) is 5.73. The minimum Gasteiger partial charge on any atom is -0.384 e. The molecule has 0 atom stereocenters. The standard InChI is InChI=1S/C14H16N2O3S/c1-9-10(11-8-15-16-14(18)13(11)17)4-3-5-12(9)20-7-6-19-2/h3-5,8H,6-7H2,1-2H3,(H,15,17)(H,16,18). The maximum absolute atomic E-state index is 11.9. The quantitative estimate of drug-likeness (QED) is 0.500. The Morgan fingerprint density at radius 3 is 2.80 bits per heavy atom. The summed E-state index contributed by atoms with van der Waals surface area (Å²) < 4.78 is 5.03. The monoisotopic (exact) mass is 292 g/mol. The summed E-state index contributed by atoms with van der Waals surface area (Å²) in [5, 5.41) is 4.87. The fourth-order valence-electron chi connectivity index (χ4n) is 1.92. The van der Waals surface area contributed by atoms with Crippen LogP contribution in [0.4, 0.5) is 0 Å². The smallest absolute Gasteiger partial charge is 0.310 e. The van der Waals surface area contributed by atoms with E-state index in [2.05, 4.69) is 10.2 Å². The molecule has 0 fully saturated rings. The van der Waals surface area contributed by atoms with E-state index < -0.39 is 11.0 Å². The van der Waals surface area contributed by atoms with Crippen LogP contribution < -0.4 is 11.0 Å². The van der Waals surface area contributed by atoms with Crippen molar-refractivity contribution in [1.29, 1.82) is 0 Å². The summed E-state index contributed by atoms with van der Waals surface area (Å²) in [4.78, 5) is 24.4. The van der Waals surface area contributed by atoms with Crippen molar-refractivity contribution in [3.63, 3.8) is 0 Å². The number of aromatic nitrogens is 2. The zero-order chi connectivity index (χ0) is 14.5. The van der Waals surface area contributed by atoms with Gasteiger partial charge >= 0.3 is 5.56 Å². The van der Waals surface area contributed by atoms with E-state index in [0.717, 1.165) is 21.8 Å². The number of thioether (sulfide) groups is 1. The topological polar surface area (TPSA) is 75.0 Å². The van der Waals surface area contributed by atoms with E-state index >= 15 is 0 Å². The van der Waals surface area contributed by atoms with Gasteiger partial charge in [-0.15, -0.1) is 11.8 Å². The molecule has 0 bridgehead atoms. The van der Waals surface area contributed by atoms with Crippen LogP contribution in [0, 0.1) is 6.92 Å². The first-order valence-corrected chi connectivity index (χ1v) is 7.15. The van der Waals surface area contributed by atoms with Crippen molar-refractivity contribution in [3.05, 3.63) is 50.5 Å². The molecule has 2 rings (SSSR count). The largest absolute Gasteiger partial charge is 0.384 e. The minimum absolute atomic E-state index is 0.389. The maximum atomic E-state index is 11.9. The number of methoxy groups -OCH3 is 1. The molecule has 0 aliphatic rings. The molecule has 2 aromatic rings. The summed E-state index contributed by atoms with van der Waals surface area (Å²) in [5.41, 5.74) is 0.996. The van der Waals surface area contributed by atoms with Gasteiger partial charge in [-0.1, -0.05) is 12.1 Å². The minimum atomic E-state index is -0.640. The molecule has 20 heavy (non-hydrogen) atoms. The second-order valence-corrected chi connectivity index (χ2v) is 5.39. The van der Waals surface area contributed by atoms with E-state index in [1.165, 1.54) is 6.20 Å². The molecule has 0 aliphatic carbocycles. The van der Waals surface area contributed by atoms with Gasteiger partial charge in [-0.2, -0.15) is 0 Å². The SMILES string of the molecule is COCCSc1cccc(-c2c[nH][nH]c(=O)c2=O)c1C. The number of ether oxygens (including phenoxy) is 1. The number of benzene rings is 1. The van der Waals surface area contributed by atoms with Gasteiger partial charge < -0.3 is 9.84 Å². The van der Waals surface area contributed by atoms with Crippen LogP contribution in [0.1, 0.15) is 5.56 Å². The highest BCUT2D eigenvalue weighted by atomic mass is 32.2. The normalized spacial score (nSPS) is 10.7. The molecule has 0 saturated heterocycles. The molecule has 0 unspecified atom stereocenters. The molecule has 5 nitrogen and oxygen atoms in total. The zero-order valence-corrected chi connectivity index (χ0v) is 12.2. The number of hydrogen-bond donors (Lipinski definition) is 2. The summed E-state index contributed by atoms with van der Waals surface area (Å²) in [5.74, 6) is 0.840. The predicted octanol–water partition coefficient (Wildman–Crippen LogP) is 1.78. The lowest BCUT2D eigenvalue weighted by atomic mass is 10.0. The van der Waals surface area contributed by atoms with Gasteiger partial charge in [0.15, 0.2) is 0 Å².